The van der Waals surface area contributed by atoms with E-state index < -0.39 is 11.8 Å². The van der Waals surface area contributed by atoms with E-state index >= 15 is 0 Å². The van der Waals surface area contributed by atoms with Crippen LogP contribution < -0.4 is 10.6 Å². The number of carbonyl (C=O) groups is 3. The molecule has 0 atom stereocenters. The molecule has 0 saturated carbocycles. The number of thioether (sulfide) groups is 1. The molecule has 2 N–H and O–H groups in total. The Balaban J connectivity index is 1.74. The molecule has 2 heterocycles. The molecule has 2 amide bonds. The molecule has 128 valence electrons. The molecule has 2 aromatic heterocycles. The van der Waals surface area contributed by atoms with E-state index in [1.54, 1.807) is 13.0 Å². The van der Waals surface area contributed by atoms with Crippen molar-refractivity contribution in [1.29, 1.82) is 0 Å². The SMILES string of the molecule is CCOC(=O)CSc1nnc(NC(=O)CNC(=O)c2ccco2)s1. The van der Waals surface area contributed by atoms with Crippen molar-refractivity contribution in [3.63, 3.8) is 0 Å². The molecule has 0 aliphatic rings. The monoisotopic (exact) mass is 370 g/mol. The largest absolute Gasteiger partial charge is 0.465 e. The molecule has 0 saturated heterocycles. The number of hydrogen-bond donors (Lipinski definition) is 2. The van der Waals surface area contributed by atoms with Gasteiger partial charge in [-0.2, -0.15) is 0 Å². The molecule has 0 aromatic carbocycles. The number of anilines is 1. The maximum atomic E-state index is 11.7. The number of rotatable bonds is 8. The molecule has 0 fully saturated rings. The lowest BCUT2D eigenvalue weighted by atomic mass is 10.4. The van der Waals surface area contributed by atoms with Gasteiger partial charge in [-0.05, 0) is 19.1 Å². The molecule has 11 heteroatoms. The van der Waals surface area contributed by atoms with Crippen molar-refractivity contribution in [2.75, 3.05) is 24.2 Å². The number of esters is 1. The second-order valence-corrected chi connectivity index (χ2v) is 6.37. The van der Waals surface area contributed by atoms with Crippen molar-refractivity contribution in [3.8, 4) is 0 Å². The van der Waals surface area contributed by atoms with Crippen LogP contribution in [0, 0.1) is 0 Å². The molecule has 0 spiro atoms. The minimum absolute atomic E-state index is 0.121. The lowest BCUT2D eigenvalue weighted by Crippen LogP contribution is -2.32. The average molecular weight is 370 g/mol. The van der Waals surface area contributed by atoms with Gasteiger partial charge in [0.05, 0.1) is 25.2 Å². The zero-order valence-electron chi connectivity index (χ0n) is 12.6. The summed E-state index contributed by atoms with van der Waals surface area (Å²) in [5.41, 5.74) is 0. The standard InChI is InChI=1S/C13H14N4O5S2/c1-2-21-10(19)7-23-13-17-16-12(24-13)15-9(18)6-14-11(20)8-4-3-5-22-8/h3-5H,2,6-7H2,1H3,(H,14,20)(H,15,16,18). The van der Waals surface area contributed by atoms with Gasteiger partial charge in [0.15, 0.2) is 10.1 Å². The van der Waals surface area contributed by atoms with E-state index in [-0.39, 0.29) is 29.2 Å². The van der Waals surface area contributed by atoms with Gasteiger partial charge in [0.1, 0.15) is 0 Å². The highest BCUT2D eigenvalue weighted by atomic mass is 32.2. The first-order valence-corrected chi connectivity index (χ1v) is 8.62. The number of hydrogen-bond acceptors (Lipinski definition) is 9. The number of nitrogens with zero attached hydrogens (tertiary/aromatic N) is 2. The molecule has 0 aliphatic heterocycles. The third kappa shape index (κ3) is 5.66. The summed E-state index contributed by atoms with van der Waals surface area (Å²) in [5.74, 6) is -1.04. The number of furan rings is 1. The van der Waals surface area contributed by atoms with Gasteiger partial charge in [-0.1, -0.05) is 23.1 Å². The van der Waals surface area contributed by atoms with Crippen molar-refractivity contribution in [2.45, 2.75) is 11.3 Å². The minimum Gasteiger partial charge on any atom is -0.465 e. The second-order valence-electron chi connectivity index (χ2n) is 4.17. The minimum atomic E-state index is -0.488. The Morgan fingerprint density at radius 1 is 1.38 bits per heavy atom. The third-order valence-corrected chi connectivity index (χ3v) is 4.37. The fraction of sp³-hybridized carbons (Fsp3) is 0.308. The van der Waals surface area contributed by atoms with Crippen molar-refractivity contribution in [3.05, 3.63) is 24.2 Å². The van der Waals surface area contributed by atoms with Crippen LogP contribution in [0.15, 0.2) is 27.2 Å². The van der Waals surface area contributed by atoms with Crippen LogP contribution in [0.25, 0.3) is 0 Å². The average Bonchev–Trinajstić information content (AvgIpc) is 3.23. The zero-order chi connectivity index (χ0) is 17.4. The Bertz CT molecular complexity index is 701. The maximum Gasteiger partial charge on any atom is 0.316 e. The van der Waals surface area contributed by atoms with Gasteiger partial charge in [0.25, 0.3) is 5.91 Å². The number of aromatic nitrogens is 2. The van der Waals surface area contributed by atoms with Gasteiger partial charge in [0.2, 0.25) is 11.0 Å². The smallest absolute Gasteiger partial charge is 0.316 e. The molecular weight excluding hydrogens is 356 g/mol. The lowest BCUT2D eigenvalue weighted by Gasteiger charge is -2.02. The summed E-state index contributed by atoms with van der Waals surface area (Å²) in [6, 6.07) is 3.07. The predicted octanol–water partition coefficient (Wildman–Crippen LogP) is 1.15. The third-order valence-electron chi connectivity index (χ3n) is 2.43. The van der Waals surface area contributed by atoms with Gasteiger partial charge in [-0.25, -0.2) is 0 Å². The van der Waals surface area contributed by atoms with Crippen molar-refractivity contribution in [2.24, 2.45) is 0 Å². The Morgan fingerprint density at radius 2 is 2.21 bits per heavy atom. The Hall–Kier alpha value is -2.40. The highest BCUT2D eigenvalue weighted by Gasteiger charge is 2.13. The maximum absolute atomic E-state index is 11.7. The van der Waals surface area contributed by atoms with Crippen LogP contribution in [0.2, 0.25) is 0 Å². The van der Waals surface area contributed by atoms with E-state index in [4.69, 9.17) is 9.15 Å². The van der Waals surface area contributed by atoms with Crippen molar-refractivity contribution in [1.82, 2.24) is 15.5 Å². The van der Waals surface area contributed by atoms with Crippen LogP contribution in [-0.4, -0.2) is 46.9 Å². The van der Waals surface area contributed by atoms with E-state index in [0.717, 1.165) is 11.3 Å². The van der Waals surface area contributed by atoms with E-state index in [9.17, 15) is 14.4 Å². The molecule has 2 aromatic rings. The van der Waals surface area contributed by atoms with E-state index in [0.29, 0.717) is 10.9 Å². The molecule has 0 radical (unpaired) electrons. The Morgan fingerprint density at radius 3 is 2.92 bits per heavy atom. The fourth-order valence-corrected chi connectivity index (χ4v) is 3.03. The second kappa shape index (κ2) is 9.03. The predicted molar refractivity (Wildman–Crippen MR) is 86.9 cm³/mol. The summed E-state index contributed by atoms with van der Waals surface area (Å²) in [4.78, 5) is 34.6. The first-order valence-electron chi connectivity index (χ1n) is 6.82. The van der Waals surface area contributed by atoms with Crippen molar-refractivity contribution < 1.29 is 23.5 Å². The van der Waals surface area contributed by atoms with Gasteiger partial charge < -0.3 is 14.5 Å². The van der Waals surface area contributed by atoms with Crippen LogP contribution in [0.4, 0.5) is 5.13 Å². The summed E-state index contributed by atoms with van der Waals surface area (Å²) in [5, 5.41) is 12.8. The number of ether oxygens (including phenoxy) is 1. The molecular formula is C13H14N4O5S2. The van der Waals surface area contributed by atoms with Gasteiger partial charge in [0, 0.05) is 0 Å². The highest BCUT2D eigenvalue weighted by molar-refractivity contribution is 8.01. The normalized spacial score (nSPS) is 10.2. The van der Waals surface area contributed by atoms with E-state index in [2.05, 4.69) is 20.8 Å². The molecule has 0 aliphatic carbocycles. The van der Waals surface area contributed by atoms with Crippen LogP contribution in [0.3, 0.4) is 0 Å². The first kappa shape index (κ1) is 17.9. The van der Waals surface area contributed by atoms with Crippen LogP contribution in [-0.2, 0) is 14.3 Å². The number of carbonyl (C=O) groups excluding carboxylic acids is 3. The summed E-state index contributed by atoms with van der Waals surface area (Å²) in [6.45, 7) is 1.82. The van der Waals surface area contributed by atoms with E-state index in [1.807, 2.05) is 0 Å². The molecule has 0 bridgehead atoms. The fourth-order valence-electron chi connectivity index (χ4n) is 1.46. The molecule has 2 rings (SSSR count). The number of nitrogens with one attached hydrogen (secondary N) is 2. The molecule has 0 unspecified atom stereocenters. The zero-order valence-corrected chi connectivity index (χ0v) is 14.2. The summed E-state index contributed by atoms with van der Waals surface area (Å²) in [6.07, 6.45) is 1.37. The molecule has 9 nitrogen and oxygen atoms in total. The van der Waals surface area contributed by atoms with Gasteiger partial charge in [-0.15, -0.1) is 10.2 Å². The Kier molecular flexibility index (Phi) is 6.75. The highest BCUT2D eigenvalue weighted by Crippen LogP contribution is 2.25. The van der Waals surface area contributed by atoms with Crippen molar-refractivity contribution >= 4 is 46.0 Å². The van der Waals surface area contributed by atoms with Crippen LogP contribution in [0.5, 0.6) is 0 Å². The Labute approximate surface area is 145 Å². The quantitative estimate of drug-likeness (QED) is 0.403. The molecule has 24 heavy (non-hydrogen) atoms. The van der Waals surface area contributed by atoms with Gasteiger partial charge in [-0.3, -0.25) is 19.7 Å². The van der Waals surface area contributed by atoms with Crippen LogP contribution in [0.1, 0.15) is 17.5 Å². The van der Waals surface area contributed by atoms with E-state index in [1.165, 1.54) is 24.1 Å². The van der Waals surface area contributed by atoms with Crippen LogP contribution >= 0.6 is 23.1 Å². The summed E-state index contributed by atoms with van der Waals surface area (Å²) >= 11 is 2.29. The first-order chi connectivity index (χ1) is 11.6. The summed E-state index contributed by atoms with van der Waals surface area (Å²) < 4.78 is 10.2. The number of amides is 2. The lowest BCUT2D eigenvalue weighted by molar-refractivity contribution is -0.139. The van der Waals surface area contributed by atoms with Gasteiger partial charge >= 0.3 is 5.97 Å². The summed E-state index contributed by atoms with van der Waals surface area (Å²) in [7, 11) is 0. The topological polar surface area (TPSA) is 123 Å².